The van der Waals surface area contributed by atoms with Crippen molar-refractivity contribution in [1.82, 2.24) is 0 Å². The standard InChI is InChI=1S/C6H10O2S/c1-4-2-5(6(7)8)9-3-4/h4-5H,2-3H2,1H3,(H,7,8). The summed E-state index contributed by atoms with van der Waals surface area (Å²) in [7, 11) is 0. The Morgan fingerprint density at radius 3 is 2.67 bits per heavy atom. The highest BCUT2D eigenvalue weighted by Crippen LogP contribution is 2.30. The first-order chi connectivity index (χ1) is 4.20. The molecule has 1 N–H and O–H groups in total. The second-order valence-corrected chi connectivity index (χ2v) is 3.74. The average molecular weight is 146 g/mol. The number of carboxylic acids is 1. The molecule has 0 saturated carbocycles. The number of hydrogen-bond acceptors (Lipinski definition) is 2. The largest absolute Gasteiger partial charge is 0.480 e. The molecule has 2 unspecified atom stereocenters. The summed E-state index contributed by atoms with van der Waals surface area (Å²) in [4.78, 5) is 10.3. The number of hydrogen-bond donors (Lipinski definition) is 1. The lowest BCUT2D eigenvalue weighted by molar-refractivity contribution is -0.136. The Balaban J connectivity index is 2.39. The van der Waals surface area contributed by atoms with E-state index in [1.54, 1.807) is 11.8 Å². The van der Waals surface area contributed by atoms with Gasteiger partial charge in [-0.15, -0.1) is 11.8 Å². The molecule has 52 valence electrons. The quantitative estimate of drug-likeness (QED) is 0.604. The zero-order valence-corrected chi connectivity index (χ0v) is 6.15. The van der Waals surface area contributed by atoms with Crippen molar-refractivity contribution in [3.63, 3.8) is 0 Å². The number of aliphatic carboxylic acids is 1. The fourth-order valence-corrected chi connectivity index (χ4v) is 2.26. The van der Waals surface area contributed by atoms with Gasteiger partial charge in [-0.25, -0.2) is 0 Å². The van der Waals surface area contributed by atoms with E-state index >= 15 is 0 Å². The van der Waals surface area contributed by atoms with E-state index in [1.807, 2.05) is 0 Å². The average Bonchev–Trinajstić information content (AvgIpc) is 2.14. The van der Waals surface area contributed by atoms with Crippen LogP contribution in [-0.4, -0.2) is 22.1 Å². The Morgan fingerprint density at radius 1 is 1.78 bits per heavy atom. The lowest BCUT2D eigenvalue weighted by atomic mass is 10.1. The first kappa shape index (κ1) is 6.93. The van der Waals surface area contributed by atoms with E-state index in [9.17, 15) is 4.79 Å². The van der Waals surface area contributed by atoms with Crippen molar-refractivity contribution in [2.75, 3.05) is 5.75 Å². The van der Waals surface area contributed by atoms with Crippen LogP contribution in [0.2, 0.25) is 0 Å². The third kappa shape index (κ3) is 1.61. The molecule has 0 amide bonds. The number of thioether (sulfide) groups is 1. The molecule has 2 atom stereocenters. The van der Waals surface area contributed by atoms with Crippen molar-refractivity contribution in [2.45, 2.75) is 18.6 Å². The van der Waals surface area contributed by atoms with Crippen LogP contribution in [0.1, 0.15) is 13.3 Å². The van der Waals surface area contributed by atoms with Crippen LogP contribution in [0.4, 0.5) is 0 Å². The molecule has 1 rings (SSSR count). The van der Waals surface area contributed by atoms with Gasteiger partial charge in [0.2, 0.25) is 0 Å². The summed E-state index contributed by atoms with van der Waals surface area (Å²) in [5.74, 6) is 0.956. The second kappa shape index (κ2) is 2.60. The van der Waals surface area contributed by atoms with Gasteiger partial charge in [0.15, 0.2) is 0 Å². The van der Waals surface area contributed by atoms with Crippen molar-refractivity contribution >= 4 is 17.7 Å². The lowest BCUT2D eigenvalue weighted by Crippen LogP contribution is -2.12. The van der Waals surface area contributed by atoms with Gasteiger partial charge in [-0.05, 0) is 18.1 Å². The summed E-state index contributed by atoms with van der Waals surface area (Å²) in [6.45, 7) is 2.09. The van der Waals surface area contributed by atoms with Crippen molar-refractivity contribution in [1.29, 1.82) is 0 Å². The molecule has 0 bridgehead atoms. The molecular weight excluding hydrogens is 136 g/mol. The van der Waals surface area contributed by atoms with Gasteiger partial charge >= 0.3 is 5.97 Å². The van der Waals surface area contributed by atoms with Crippen molar-refractivity contribution < 1.29 is 9.90 Å². The summed E-state index contributed by atoms with van der Waals surface area (Å²) in [5.41, 5.74) is 0. The summed E-state index contributed by atoms with van der Waals surface area (Å²) >= 11 is 1.56. The summed E-state index contributed by atoms with van der Waals surface area (Å²) < 4.78 is 0. The van der Waals surface area contributed by atoms with E-state index in [0.717, 1.165) is 12.2 Å². The highest BCUT2D eigenvalue weighted by atomic mass is 32.2. The third-order valence-corrected chi connectivity index (χ3v) is 3.03. The zero-order chi connectivity index (χ0) is 6.85. The molecule has 1 aliphatic rings. The molecule has 0 spiro atoms. The Hall–Kier alpha value is -0.180. The molecule has 2 nitrogen and oxygen atoms in total. The smallest absolute Gasteiger partial charge is 0.316 e. The molecular formula is C6H10O2S. The van der Waals surface area contributed by atoms with Crippen LogP contribution in [0.15, 0.2) is 0 Å². The van der Waals surface area contributed by atoms with Gasteiger partial charge in [0.1, 0.15) is 5.25 Å². The van der Waals surface area contributed by atoms with E-state index in [0.29, 0.717) is 5.92 Å². The van der Waals surface area contributed by atoms with Crippen LogP contribution in [0.5, 0.6) is 0 Å². The van der Waals surface area contributed by atoms with Crippen LogP contribution in [0, 0.1) is 5.92 Å². The minimum absolute atomic E-state index is 0.125. The van der Waals surface area contributed by atoms with Crippen molar-refractivity contribution in [3.8, 4) is 0 Å². The first-order valence-electron chi connectivity index (χ1n) is 3.04. The van der Waals surface area contributed by atoms with Gasteiger partial charge in [-0.2, -0.15) is 0 Å². The summed E-state index contributed by atoms with van der Waals surface area (Å²) in [5, 5.41) is 8.39. The van der Waals surface area contributed by atoms with Gasteiger partial charge in [-0.3, -0.25) is 4.79 Å². The van der Waals surface area contributed by atoms with E-state index in [2.05, 4.69) is 6.92 Å². The maximum atomic E-state index is 10.3. The second-order valence-electron chi connectivity index (χ2n) is 2.50. The Labute approximate surface area is 58.6 Å². The fraction of sp³-hybridized carbons (Fsp3) is 0.833. The molecule has 0 radical (unpaired) electrons. The topological polar surface area (TPSA) is 37.3 Å². The highest BCUT2D eigenvalue weighted by molar-refractivity contribution is 8.00. The lowest BCUT2D eigenvalue weighted by Gasteiger charge is -1.98. The van der Waals surface area contributed by atoms with Gasteiger partial charge in [0.05, 0.1) is 0 Å². The minimum Gasteiger partial charge on any atom is -0.480 e. The van der Waals surface area contributed by atoms with Crippen LogP contribution in [0.3, 0.4) is 0 Å². The highest BCUT2D eigenvalue weighted by Gasteiger charge is 2.27. The molecule has 0 aromatic carbocycles. The molecule has 1 aliphatic heterocycles. The van der Waals surface area contributed by atoms with Crippen molar-refractivity contribution in [3.05, 3.63) is 0 Å². The van der Waals surface area contributed by atoms with Crippen molar-refractivity contribution in [2.24, 2.45) is 5.92 Å². The SMILES string of the molecule is CC1CSC(C(=O)O)C1. The molecule has 3 heteroatoms. The molecule has 1 saturated heterocycles. The maximum Gasteiger partial charge on any atom is 0.316 e. The number of rotatable bonds is 1. The molecule has 9 heavy (non-hydrogen) atoms. The third-order valence-electron chi connectivity index (χ3n) is 1.47. The van der Waals surface area contributed by atoms with Crippen LogP contribution >= 0.6 is 11.8 Å². The fourth-order valence-electron chi connectivity index (χ4n) is 0.954. The van der Waals surface area contributed by atoms with Gasteiger partial charge in [0.25, 0.3) is 0 Å². The molecule has 0 aromatic heterocycles. The Bertz CT molecular complexity index is 124. The molecule has 0 aromatic rings. The number of carbonyl (C=O) groups is 1. The Kier molecular flexibility index (Phi) is 2.01. The van der Waals surface area contributed by atoms with Gasteiger partial charge in [-0.1, -0.05) is 6.92 Å². The summed E-state index contributed by atoms with van der Waals surface area (Å²) in [6.07, 6.45) is 0.847. The Morgan fingerprint density at radius 2 is 2.44 bits per heavy atom. The predicted molar refractivity (Wildman–Crippen MR) is 37.7 cm³/mol. The van der Waals surface area contributed by atoms with E-state index < -0.39 is 5.97 Å². The van der Waals surface area contributed by atoms with Crippen LogP contribution < -0.4 is 0 Å². The van der Waals surface area contributed by atoms with Gasteiger partial charge < -0.3 is 5.11 Å². The first-order valence-corrected chi connectivity index (χ1v) is 4.09. The normalized spacial score (nSPS) is 34.8. The van der Waals surface area contributed by atoms with Crippen LogP contribution in [0.25, 0.3) is 0 Å². The monoisotopic (exact) mass is 146 g/mol. The zero-order valence-electron chi connectivity index (χ0n) is 5.33. The number of carboxylic acid groups (broad SMARTS) is 1. The van der Waals surface area contributed by atoms with Crippen LogP contribution in [-0.2, 0) is 4.79 Å². The summed E-state index contributed by atoms with van der Waals surface area (Å²) in [6, 6.07) is 0. The minimum atomic E-state index is -0.649. The molecule has 1 heterocycles. The molecule has 0 aliphatic carbocycles. The van der Waals surface area contributed by atoms with E-state index in [1.165, 1.54) is 0 Å². The predicted octanol–water partition coefficient (Wildman–Crippen LogP) is 1.21. The molecule has 1 fully saturated rings. The van der Waals surface area contributed by atoms with E-state index in [4.69, 9.17) is 5.11 Å². The maximum absolute atomic E-state index is 10.3. The van der Waals surface area contributed by atoms with Gasteiger partial charge in [0, 0.05) is 0 Å². The van der Waals surface area contributed by atoms with E-state index in [-0.39, 0.29) is 5.25 Å².